The number of hydrogen-bond donors (Lipinski definition) is 4. The Kier molecular flexibility index (Phi) is 7.36. The van der Waals surface area contributed by atoms with E-state index in [9.17, 15) is 14.4 Å². The van der Waals surface area contributed by atoms with Gasteiger partial charge in [0.25, 0.3) is 5.91 Å². The van der Waals surface area contributed by atoms with Crippen LogP contribution in [0.5, 0.6) is 0 Å². The van der Waals surface area contributed by atoms with E-state index in [2.05, 4.69) is 30.0 Å². The van der Waals surface area contributed by atoms with Crippen molar-refractivity contribution in [1.29, 1.82) is 0 Å². The highest BCUT2D eigenvalue weighted by Crippen LogP contribution is 2.19. The molecule has 0 bridgehead atoms. The fraction of sp³-hybridized carbons (Fsp3) is 0.286. The van der Waals surface area contributed by atoms with Crippen LogP contribution in [0.15, 0.2) is 30.5 Å². The van der Waals surface area contributed by atoms with Gasteiger partial charge in [-0.2, -0.15) is 9.97 Å². The topological polar surface area (TPSA) is 200 Å². The van der Waals surface area contributed by atoms with Crippen LogP contribution in [0.4, 0.5) is 17.5 Å². The maximum absolute atomic E-state index is 12.5. The van der Waals surface area contributed by atoms with Gasteiger partial charge in [0.05, 0.1) is 25.5 Å². The summed E-state index contributed by atoms with van der Waals surface area (Å²) in [6.07, 6.45) is 1.20. The molecule has 1 aromatic carbocycles. The normalized spacial score (nSPS) is 11.6. The first-order valence-corrected chi connectivity index (χ1v) is 10.1. The fourth-order valence-corrected chi connectivity index (χ4v) is 3.16. The van der Waals surface area contributed by atoms with Crippen molar-refractivity contribution in [2.45, 2.75) is 25.4 Å². The lowest BCUT2D eigenvalue weighted by atomic mass is 10.1. The zero-order chi connectivity index (χ0) is 24.8. The molecule has 0 fully saturated rings. The monoisotopic (exact) mass is 468 g/mol. The lowest BCUT2D eigenvalue weighted by molar-refractivity contribution is -0.143. The molecule has 0 radical (unpaired) electrons. The first kappa shape index (κ1) is 24.1. The molecule has 0 saturated heterocycles. The maximum Gasteiger partial charge on any atom is 0.328 e. The van der Waals surface area contributed by atoms with Gasteiger partial charge in [-0.25, -0.2) is 14.8 Å². The van der Waals surface area contributed by atoms with Crippen LogP contribution in [0.25, 0.3) is 11.2 Å². The van der Waals surface area contributed by atoms with E-state index in [1.807, 2.05) is 11.9 Å². The van der Waals surface area contributed by atoms with Crippen LogP contribution in [0.1, 0.15) is 28.9 Å². The molecule has 13 heteroatoms. The Labute approximate surface area is 194 Å². The molecule has 1 atom stereocenters. The summed E-state index contributed by atoms with van der Waals surface area (Å²) < 4.78 is 4.64. The van der Waals surface area contributed by atoms with Crippen LogP contribution in [0.2, 0.25) is 0 Å². The Morgan fingerprint density at radius 1 is 1.15 bits per heavy atom. The minimum Gasteiger partial charge on any atom is -0.481 e. The molecule has 3 aromatic rings. The number of esters is 1. The molecule has 3 rings (SSSR count). The van der Waals surface area contributed by atoms with Gasteiger partial charge in [0, 0.05) is 24.7 Å². The number of hydrogen-bond acceptors (Lipinski definition) is 11. The van der Waals surface area contributed by atoms with Crippen molar-refractivity contribution < 1.29 is 24.2 Å². The van der Waals surface area contributed by atoms with E-state index in [-0.39, 0.29) is 24.6 Å². The second kappa shape index (κ2) is 10.4. The molecule has 0 aliphatic carbocycles. The van der Waals surface area contributed by atoms with Crippen LogP contribution in [-0.2, 0) is 20.9 Å². The second-order valence-corrected chi connectivity index (χ2v) is 7.39. The zero-order valence-corrected chi connectivity index (χ0v) is 18.6. The summed E-state index contributed by atoms with van der Waals surface area (Å²) in [7, 11) is 3.01. The number of carbonyl (C=O) groups excluding carboxylic acids is 2. The molecular formula is C21H24N8O5. The predicted molar refractivity (Wildman–Crippen MR) is 123 cm³/mol. The zero-order valence-electron chi connectivity index (χ0n) is 18.6. The quantitative estimate of drug-likeness (QED) is 0.315. The van der Waals surface area contributed by atoms with Crippen LogP contribution >= 0.6 is 0 Å². The molecule has 2 aromatic heterocycles. The van der Waals surface area contributed by atoms with Gasteiger partial charge in [-0.1, -0.05) is 0 Å². The number of nitrogens with two attached hydrogens (primary N) is 2. The number of nitrogens with one attached hydrogen (secondary N) is 1. The average Bonchev–Trinajstić information content (AvgIpc) is 2.81. The summed E-state index contributed by atoms with van der Waals surface area (Å²) >= 11 is 0. The minimum atomic E-state index is -1.08. The number of nitrogens with zero attached hydrogens (tertiary/aromatic N) is 5. The van der Waals surface area contributed by atoms with Gasteiger partial charge in [-0.3, -0.25) is 9.59 Å². The van der Waals surface area contributed by atoms with Gasteiger partial charge >= 0.3 is 11.9 Å². The van der Waals surface area contributed by atoms with Gasteiger partial charge in [0.1, 0.15) is 6.04 Å². The Morgan fingerprint density at radius 2 is 1.85 bits per heavy atom. The van der Waals surface area contributed by atoms with Gasteiger partial charge < -0.3 is 31.5 Å². The van der Waals surface area contributed by atoms with E-state index >= 15 is 0 Å². The first-order valence-electron chi connectivity index (χ1n) is 10.1. The Hall–Kier alpha value is -4.55. The molecule has 13 nitrogen and oxygen atoms in total. The summed E-state index contributed by atoms with van der Waals surface area (Å²) in [5, 5.41) is 11.4. The Bertz CT molecular complexity index is 1220. The van der Waals surface area contributed by atoms with Crippen LogP contribution in [0, 0.1) is 0 Å². The smallest absolute Gasteiger partial charge is 0.328 e. The first-order chi connectivity index (χ1) is 16.2. The fourth-order valence-electron chi connectivity index (χ4n) is 3.16. The molecule has 6 N–H and O–H groups in total. The molecule has 0 saturated carbocycles. The van der Waals surface area contributed by atoms with Gasteiger partial charge in [-0.15, -0.1) is 0 Å². The number of methoxy groups -OCH3 is 1. The van der Waals surface area contributed by atoms with E-state index in [0.717, 1.165) is 5.69 Å². The summed E-state index contributed by atoms with van der Waals surface area (Å²) in [5.41, 5.74) is 13.8. The third-order valence-electron chi connectivity index (χ3n) is 4.91. The third kappa shape index (κ3) is 5.82. The van der Waals surface area contributed by atoms with E-state index < -0.39 is 23.9 Å². The van der Waals surface area contributed by atoms with Gasteiger partial charge in [0.2, 0.25) is 5.95 Å². The maximum atomic E-state index is 12.5. The van der Waals surface area contributed by atoms with Crippen molar-refractivity contribution in [1.82, 2.24) is 25.3 Å². The van der Waals surface area contributed by atoms with Crippen LogP contribution in [0.3, 0.4) is 0 Å². The van der Waals surface area contributed by atoms with Gasteiger partial charge in [-0.05, 0) is 30.7 Å². The highest BCUT2D eigenvalue weighted by molar-refractivity contribution is 5.97. The summed E-state index contributed by atoms with van der Waals surface area (Å²) in [6, 6.07) is 5.58. The number of carboxylic acid groups (broad SMARTS) is 1. The van der Waals surface area contributed by atoms with Crippen molar-refractivity contribution in [2.75, 3.05) is 30.5 Å². The van der Waals surface area contributed by atoms with Crippen molar-refractivity contribution in [3.63, 3.8) is 0 Å². The molecule has 0 unspecified atom stereocenters. The molecule has 0 spiro atoms. The number of ether oxygens (including phenoxy) is 1. The van der Waals surface area contributed by atoms with Crippen molar-refractivity contribution in [3.8, 4) is 0 Å². The Balaban J connectivity index is 1.68. The second-order valence-electron chi connectivity index (χ2n) is 7.39. The minimum absolute atomic E-state index is 0.0214. The van der Waals surface area contributed by atoms with E-state index in [4.69, 9.17) is 16.6 Å². The van der Waals surface area contributed by atoms with E-state index in [0.29, 0.717) is 29.0 Å². The number of nitrogen functional groups attached to an aromatic ring is 2. The van der Waals surface area contributed by atoms with E-state index in [1.54, 1.807) is 30.5 Å². The largest absolute Gasteiger partial charge is 0.481 e. The average molecular weight is 468 g/mol. The summed E-state index contributed by atoms with van der Waals surface area (Å²) in [5.74, 6) is -2.15. The number of benzene rings is 1. The number of aliphatic carboxylic acids is 1. The summed E-state index contributed by atoms with van der Waals surface area (Å²) in [6.45, 7) is 0.387. The molecule has 178 valence electrons. The molecule has 1 amide bonds. The van der Waals surface area contributed by atoms with Crippen molar-refractivity contribution >= 4 is 46.5 Å². The highest BCUT2D eigenvalue weighted by Gasteiger charge is 2.23. The van der Waals surface area contributed by atoms with Gasteiger partial charge in [0.15, 0.2) is 17.0 Å². The number of aromatic nitrogens is 4. The van der Waals surface area contributed by atoms with Crippen molar-refractivity contribution in [3.05, 3.63) is 41.7 Å². The summed E-state index contributed by atoms with van der Waals surface area (Å²) in [4.78, 5) is 53.7. The third-order valence-corrected chi connectivity index (χ3v) is 4.91. The molecule has 0 aliphatic heterocycles. The number of carbonyl (C=O) groups is 3. The number of carboxylic acids is 1. The van der Waals surface area contributed by atoms with E-state index in [1.165, 1.54) is 7.11 Å². The van der Waals surface area contributed by atoms with Crippen molar-refractivity contribution in [2.24, 2.45) is 0 Å². The molecule has 2 heterocycles. The molecular weight excluding hydrogens is 444 g/mol. The number of rotatable bonds is 9. The predicted octanol–water partition coefficient (Wildman–Crippen LogP) is 0.357. The molecule has 0 aliphatic rings. The SMILES string of the molecule is COC(=O)[C@H](CCC(=O)O)NC(=O)c1ccc(N(C)Cc2cnc3nc(N)nc(N)c3n2)cc1. The number of anilines is 3. The standard InChI is InChI=1S/C21H24N8O5/c1-29(10-12-9-24-18-16(25-12)17(22)27-21(23)28-18)13-5-3-11(4-6-13)19(32)26-14(20(33)34-2)7-8-15(30)31/h3-6,9,14H,7-8,10H2,1-2H3,(H,26,32)(H,30,31)(H4,22,23,24,27,28)/t14-/m0/s1. The highest BCUT2D eigenvalue weighted by atomic mass is 16.5. The Morgan fingerprint density at radius 3 is 2.50 bits per heavy atom. The number of fused-ring (bicyclic) bond motifs is 1. The lowest BCUT2D eigenvalue weighted by Gasteiger charge is -2.20. The molecule has 34 heavy (non-hydrogen) atoms. The van der Waals surface area contributed by atoms with Crippen LogP contribution < -0.4 is 21.7 Å². The van der Waals surface area contributed by atoms with Crippen LogP contribution in [-0.4, -0.2) is 63.1 Å². The lowest BCUT2D eigenvalue weighted by Crippen LogP contribution is -2.41. The number of amides is 1.